The van der Waals surface area contributed by atoms with E-state index in [1.165, 1.54) is 46.2 Å². The van der Waals surface area contributed by atoms with E-state index in [9.17, 15) is 0 Å². The maximum absolute atomic E-state index is 3.90. The van der Waals surface area contributed by atoms with Crippen molar-refractivity contribution < 1.29 is 0 Å². The Kier molecular flexibility index (Phi) is 4.92. The highest BCUT2D eigenvalue weighted by Crippen LogP contribution is 2.35. The fourth-order valence-corrected chi connectivity index (χ4v) is 5.60. The van der Waals surface area contributed by atoms with Crippen molar-refractivity contribution >= 4 is 33.2 Å². The molecule has 114 valence electrons. The van der Waals surface area contributed by atoms with E-state index in [1.54, 1.807) is 0 Å². The normalized spacial score (nSPS) is 24.3. The smallest absolute Gasteiger partial charge is 0.0391 e. The molecular weight excluding hydrogens is 294 g/mol. The average Bonchev–Trinajstić information content (AvgIpc) is 2.85. The fraction of sp³-hybridized carbons (Fsp3) is 0.556. The van der Waals surface area contributed by atoms with Crippen LogP contribution in [-0.2, 0) is 0 Å². The van der Waals surface area contributed by atoms with Crippen LogP contribution in [0.1, 0.15) is 49.1 Å². The van der Waals surface area contributed by atoms with Crippen LogP contribution in [0.4, 0.5) is 0 Å². The first-order chi connectivity index (χ1) is 10.2. The first-order valence-electron chi connectivity index (χ1n) is 7.96. The predicted molar refractivity (Wildman–Crippen MR) is 97.7 cm³/mol. The largest absolute Gasteiger partial charge is 0.307 e. The van der Waals surface area contributed by atoms with Gasteiger partial charge in [0.25, 0.3) is 0 Å². The molecule has 0 saturated heterocycles. The Hall–Kier alpha value is -0.510. The van der Waals surface area contributed by atoms with Crippen LogP contribution in [0, 0.1) is 6.92 Å². The number of aryl methyl sites for hydroxylation is 1. The van der Waals surface area contributed by atoms with Crippen LogP contribution in [0.5, 0.6) is 0 Å². The van der Waals surface area contributed by atoms with Crippen LogP contribution in [0.3, 0.4) is 0 Å². The van der Waals surface area contributed by atoms with Crippen LogP contribution < -0.4 is 5.32 Å². The van der Waals surface area contributed by atoms with Gasteiger partial charge in [0.15, 0.2) is 0 Å². The zero-order valence-electron chi connectivity index (χ0n) is 13.2. The maximum Gasteiger partial charge on any atom is 0.0391 e. The predicted octanol–water partition coefficient (Wildman–Crippen LogP) is 5.53. The minimum absolute atomic E-state index is 0.466. The second-order valence-corrected chi connectivity index (χ2v) is 8.42. The third-order valence-corrected chi connectivity index (χ3v) is 7.27. The molecule has 21 heavy (non-hydrogen) atoms. The molecule has 3 heteroatoms. The molecule has 2 aromatic rings. The number of thiophene rings is 1. The van der Waals surface area contributed by atoms with Gasteiger partial charge in [0.2, 0.25) is 0 Å². The van der Waals surface area contributed by atoms with E-state index in [0.717, 1.165) is 5.25 Å². The van der Waals surface area contributed by atoms with Gasteiger partial charge >= 0.3 is 0 Å². The molecule has 1 aromatic carbocycles. The number of thioether (sulfide) groups is 1. The lowest BCUT2D eigenvalue weighted by Crippen LogP contribution is -2.36. The van der Waals surface area contributed by atoms with Crippen molar-refractivity contribution in [1.29, 1.82) is 0 Å². The van der Waals surface area contributed by atoms with Crippen LogP contribution in [0.2, 0.25) is 0 Å². The second-order valence-electron chi connectivity index (χ2n) is 6.20. The summed E-state index contributed by atoms with van der Waals surface area (Å²) in [7, 11) is 0. The van der Waals surface area contributed by atoms with E-state index in [0.29, 0.717) is 12.1 Å². The van der Waals surface area contributed by atoms with Gasteiger partial charge in [0, 0.05) is 26.9 Å². The number of hydrogen-bond donors (Lipinski definition) is 1. The Bertz CT molecular complexity index is 604. The lowest BCUT2D eigenvalue weighted by Gasteiger charge is -2.31. The van der Waals surface area contributed by atoms with Crippen LogP contribution in [0.15, 0.2) is 24.3 Å². The van der Waals surface area contributed by atoms with Gasteiger partial charge in [-0.05, 0) is 56.4 Å². The summed E-state index contributed by atoms with van der Waals surface area (Å²) in [6.07, 6.45) is 7.70. The molecular formula is C18H25NS2. The number of rotatable bonds is 4. The van der Waals surface area contributed by atoms with Crippen molar-refractivity contribution in [2.24, 2.45) is 0 Å². The molecule has 0 radical (unpaired) electrons. The quantitative estimate of drug-likeness (QED) is 0.794. The summed E-state index contributed by atoms with van der Waals surface area (Å²) in [6, 6.07) is 9.94. The Labute approximate surface area is 136 Å². The van der Waals surface area contributed by atoms with Gasteiger partial charge in [-0.2, -0.15) is 11.8 Å². The monoisotopic (exact) mass is 319 g/mol. The maximum atomic E-state index is 3.90. The number of nitrogens with one attached hydrogen (secondary N) is 1. The Balaban J connectivity index is 1.74. The lowest BCUT2D eigenvalue weighted by molar-refractivity contribution is 0.354. The number of fused-ring (bicyclic) bond motifs is 1. The van der Waals surface area contributed by atoms with Gasteiger partial charge in [-0.25, -0.2) is 0 Å². The van der Waals surface area contributed by atoms with Gasteiger partial charge in [0.05, 0.1) is 0 Å². The highest BCUT2D eigenvalue weighted by Gasteiger charge is 2.24. The molecule has 3 atom stereocenters. The van der Waals surface area contributed by atoms with Gasteiger partial charge in [-0.3, -0.25) is 0 Å². The van der Waals surface area contributed by atoms with Crippen molar-refractivity contribution in [3.8, 4) is 0 Å². The highest BCUT2D eigenvalue weighted by molar-refractivity contribution is 7.99. The SMILES string of the molecule is CSC1CCCC(NC(C)c2sc3ccccc3c2C)C1. The molecule has 1 saturated carbocycles. The Morgan fingerprint density at radius 1 is 1.29 bits per heavy atom. The van der Waals surface area contributed by atoms with E-state index >= 15 is 0 Å². The van der Waals surface area contributed by atoms with E-state index in [-0.39, 0.29) is 0 Å². The highest BCUT2D eigenvalue weighted by atomic mass is 32.2. The van der Waals surface area contributed by atoms with Crippen molar-refractivity contribution in [3.05, 3.63) is 34.7 Å². The molecule has 0 aliphatic heterocycles. The lowest BCUT2D eigenvalue weighted by atomic mass is 9.94. The summed E-state index contributed by atoms with van der Waals surface area (Å²) < 4.78 is 1.42. The summed E-state index contributed by atoms with van der Waals surface area (Å²) in [5, 5.41) is 6.18. The topological polar surface area (TPSA) is 12.0 Å². The van der Waals surface area contributed by atoms with Crippen molar-refractivity contribution in [2.75, 3.05) is 6.26 Å². The molecule has 3 rings (SSSR count). The summed E-state index contributed by atoms with van der Waals surface area (Å²) in [4.78, 5) is 1.52. The van der Waals surface area contributed by atoms with E-state index < -0.39 is 0 Å². The summed E-state index contributed by atoms with van der Waals surface area (Å²) in [5.74, 6) is 0. The van der Waals surface area contributed by atoms with Gasteiger partial charge < -0.3 is 5.32 Å². The molecule has 1 aliphatic rings. The minimum atomic E-state index is 0.466. The van der Waals surface area contributed by atoms with E-state index in [4.69, 9.17) is 0 Å². The van der Waals surface area contributed by atoms with E-state index in [2.05, 4.69) is 49.7 Å². The van der Waals surface area contributed by atoms with Crippen molar-refractivity contribution in [3.63, 3.8) is 0 Å². The zero-order valence-corrected chi connectivity index (χ0v) is 14.8. The van der Waals surface area contributed by atoms with Crippen molar-refractivity contribution in [1.82, 2.24) is 5.32 Å². The van der Waals surface area contributed by atoms with Crippen molar-refractivity contribution in [2.45, 2.75) is 56.9 Å². The fourth-order valence-electron chi connectivity index (χ4n) is 3.55. The molecule has 0 amide bonds. The van der Waals surface area contributed by atoms with Gasteiger partial charge in [-0.15, -0.1) is 11.3 Å². The van der Waals surface area contributed by atoms with E-state index in [1.807, 2.05) is 23.1 Å². The second kappa shape index (κ2) is 6.72. The molecule has 1 aromatic heterocycles. The van der Waals surface area contributed by atoms with Crippen LogP contribution >= 0.6 is 23.1 Å². The molecule has 1 aliphatic carbocycles. The molecule has 1 fully saturated rings. The Morgan fingerprint density at radius 3 is 2.86 bits per heavy atom. The van der Waals surface area contributed by atoms with Crippen LogP contribution in [0.25, 0.3) is 10.1 Å². The van der Waals surface area contributed by atoms with Crippen LogP contribution in [-0.4, -0.2) is 17.5 Å². The summed E-state index contributed by atoms with van der Waals surface area (Å²) in [6.45, 7) is 4.61. The molecule has 1 N–H and O–H groups in total. The average molecular weight is 320 g/mol. The third-order valence-electron chi connectivity index (χ3n) is 4.72. The third kappa shape index (κ3) is 3.30. The minimum Gasteiger partial charge on any atom is -0.307 e. The van der Waals surface area contributed by atoms with Gasteiger partial charge in [-0.1, -0.05) is 24.6 Å². The number of hydrogen-bond acceptors (Lipinski definition) is 3. The number of benzene rings is 1. The molecule has 0 spiro atoms. The Morgan fingerprint density at radius 2 is 2.10 bits per heavy atom. The summed E-state index contributed by atoms with van der Waals surface area (Å²) in [5.41, 5.74) is 1.47. The molecule has 3 unspecified atom stereocenters. The van der Waals surface area contributed by atoms with Gasteiger partial charge in [0.1, 0.15) is 0 Å². The molecule has 1 nitrogen and oxygen atoms in total. The summed E-state index contributed by atoms with van der Waals surface area (Å²) >= 11 is 4.00. The first-order valence-corrected chi connectivity index (χ1v) is 10.1. The molecule has 0 bridgehead atoms. The molecule has 1 heterocycles. The first kappa shape index (κ1) is 15.4. The zero-order chi connectivity index (χ0) is 14.8. The standard InChI is InChI=1S/C18H25NS2/c1-12-16-9-4-5-10-17(16)21-18(12)13(2)19-14-7-6-8-15(11-14)20-3/h4-5,9-10,13-15,19H,6-8,11H2,1-3H3.